The van der Waals surface area contributed by atoms with E-state index in [1.807, 2.05) is 47.2 Å². The number of rotatable bonds is 7. The van der Waals surface area contributed by atoms with E-state index in [-0.39, 0.29) is 24.3 Å². The molecule has 1 fully saturated rings. The van der Waals surface area contributed by atoms with Gasteiger partial charge in [0.25, 0.3) is 5.91 Å². The second kappa shape index (κ2) is 7.42. The lowest BCUT2D eigenvalue weighted by Crippen LogP contribution is -2.33. The van der Waals surface area contributed by atoms with E-state index >= 15 is 0 Å². The van der Waals surface area contributed by atoms with Crippen molar-refractivity contribution in [3.8, 4) is 0 Å². The zero-order valence-corrected chi connectivity index (χ0v) is 13.6. The number of esters is 1. The molecule has 1 aromatic carbocycles. The Morgan fingerprint density at radius 3 is 2.65 bits per heavy atom. The normalized spacial score (nSPS) is 15.0. The highest BCUT2D eigenvalue weighted by atomic mass is 32.1. The van der Waals surface area contributed by atoms with E-state index in [1.165, 1.54) is 0 Å². The topological polar surface area (TPSA) is 55.4 Å². The van der Waals surface area contributed by atoms with E-state index in [0.717, 1.165) is 18.4 Å². The third kappa shape index (κ3) is 4.66. The molecule has 1 N–H and O–H groups in total. The van der Waals surface area contributed by atoms with Crippen molar-refractivity contribution in [1.29, 1.82) is 0 Å². The third-order valence-corrected chi connectivity index (χ3v) is 4.44. The molecule has 1 aliphatic carbocycles. The van der Waals surface area contributed by atoms with Crippen LogP contribution in [0.3, 0.4) is 0 Å². The molecule has 1 heterocycles. The summed E-state index contributed by atoms with van der Waals surface area (Å²) in [6.07, 6.45) is 2.04. The number of carbonyl (C=O) groups excluding carboxylic acids is 2. The molecule has 3 rings (SSSR count). The largest absolute Gasteiger partial charge is 0.447 e. The number of amides is 1. The molecule has 1 unspecified atom stereocenters. The van der Waals surface area contributed by atoms with Crippen LogP contribution in [0.4, 0.5) is 0 Å². The minimum absolute atomic E-state index is 0.234. The Labute approximate surface area is 139 Å². The zero-order valence-electron chi connectivity index (χ0n) is 12.7. The van der Waals surface area contributed by atoms with Crippen LogP contribution in [0.25, 0.3) is 0 Å². The highest BCUT2D eigenvalue weighted by molar-refractivity contribution is 7.07. The summed E-state index contributed by atoms with van der Waals surface area (Å²) in [5, 5.41) is 6.91. The van der Waals surface area contributed by atoms with Crippen LogP contribution in [0.2, 0.25) is 0 Å². The number of hydrogen-bond acceptors (Lipinski definition) is 4. The van der Waals surface area contributed by atoms with Crippen LogP contribution < -0.4 is 5.32 Å². The van der Waals surface area contributed by atoms with Gasteiger partial charge in [0.15, 0.2) is 0 Å². The summed E-state index contributed by atoms with van der Waals surface area (Å²) in [7, 11) is 0. The molecule has 0 radical (unpaired) electrons. The van der Waals surface area contributed by atoms with Gasteiger partial charge in [0, 0.05) is 18.0 Å². The molecule has 1 aromatic heterocycles. The van der Waals surface area contributed by atoms with Gasteiger partial charge < -0.3 is 10.1 Å². The van der Waals surface area contributed by atoms with Crippen molar-refractivity contribution in [2.45, 2.75) is 37.8 Å². The molecule has 0 saturated heterocycles. The number of aryl methyl sites for hydroxylation is 1. The van der Waals surface area contributed by atoms with Crippen molar-refractivity contribution in [2.75, 3.05) is 0 Å². The van der Waals surface area contributed by atoms with Crippen LogP contribution in [0.1, 0.15) is 36.5 Å². The summed E-state index contributed by atoms with van der Waals surface area (Å²) in [5.41, 5.74) is 1.82. The molecule has 2 aromatic rings. The lowest BCUT2D eigenvalue weighted by atomic mass is 10.1. The molecule has 4 nitrogen and oxygen atoms in total. The average Bonchev–Trinajstić information content (AvgIpc) is 3.22. The van der Waals surface area contributed by atoms with Crippen LogP contribution >= 0.6 is 11.3 Å². The fourth-order valence-electron chi connectivity index (χ4n) is 2.28. The Bertz CT molecular complexity index is 650. The summed E-state index contributed by atoms with van der Waals surface area (Å²) < 4.78 is 5.48. The van der Waals surface area contributed by atoms with E-state index in [1.54, 1.807) is 11.3 Å². The monoisotopic (exact) mass is 329 g/mol. The maximum absolute atomic E-state index is 12.4. The molecule has 1 aliphatic rings. The van der Waals surface area contributed by atoms with Crippen molar-refractivity contribution in [2.24, 2.45) is 0 Å². The maximum Gasteiger partial charge on any atom is 0.307 e. The predicted octanol–water partition coefficient (Wildman–Crippen LogP) is 3.24. The summed E-state index contributed by atoms with van der Waals surface area (Å²) in [6, 6.07) is 11.4. The van der Waals surface area contributed by atoms with Gasteiger partial charge >= 0.3 is 5.97 Å². The second-order valence-corrected chi connectivity index (χ2v) is 6.48. The highest BCUT2D eigenvalue weighted by Gasteiger charge is 2.30. The Kier molecular flexibility index (Phi) is 5.08. The van der Waals surface area contributed by atoms with E-state index in [4.69, 9.17) is 4.74 Å². The number of thiophene rings is 1. The van der Waals surface area contributed by atoms with Crippen LogP contribution in [0.15, 0.2) is 47.2 Å². The first-order chi connectivity index (χ1) is 11.2. The van der Waals surface area contributed by atoms with E-state index in [0.29, 0.717) is 12.0 Å². The summed E-state index contributed by atoms with van der Waals surface area (Å²) in [5.74, 6) is -0.585. The van der Waals surface area contributed by atoms with Gasteiger partial charge in [-0.2, -0.15) is 11.3 Å². The molecule has 0 spiro atoms. The second-order valence-electron chi connectivity index (χ2n) is 5.70. The van der Waals surface area contributed by atoms with Crippen molar-refractivity contribution in [3.63, 3.8) is 0 Å². The van der Waals surface area contributed by atoms with Gasteiger partial charge in [-0.25, -0.2) is 0 Å². The first-order valence-electron chi connectivity index (χ1n) is 7.78. The van der Waals surface area contributed by atoms with Crippen LogP contribution in [0, 0.1) is 0 Å². The fourth-order valence-corrected chi connectivity index (χ4v) is 2.98. The predicted molar refractivity (Wildman–Crippen MR) is 89.1 cm³/mol. The van der Waals surface area contributed by atoms with Gasteiger partial charge in [0.05, 0.1) is 0 Å². The number of carbonyl (C=O) groups is 2. The zero-order chi connectivity index (χ0) is 16.1. The summed E-state index contributed by atoms with van der Waals surface area (Å²) in [6.45, 7) is 0. The van der Waals surface area contributed by atoms with E-state index in [2.05, 4.69) is 5.32 Å². The van der Waals surface area contributed by atoms with Gasteiger partial charge in [-0.15, -0.1) is 0 Å². The van der Waals surface area contributed by atoms with Crippen molar-refractivity contribution in [1.82, 2.24) is 5.32 Å². The summed E-state index contributed by atoms with van der Waals surface area (Å²) in [4.78, 5) is 24.5. The Hall–Kier alpha value is -2.14. The van der Waals surface area contributed by atoms with Gasteiger partial charge in [-0.3, -0.25) is 9.59 Å². The van der Waals surface area contributed by atoms with Crippen LogP contribution in [-0.2, 0) is 20.7 Å². The Balaban J connectivity index is 1.62. The molecule has 0 bridgehead atoms. The minimum atomic E-state index is -0.869. The van der Waals surface area contributed by atoms with Crippen LogP contribution in [0.5, 0.6) is 0 Å². The van der Waals surface area contributed by atoms with Gasteiger partial charge in [0.2, 0.25) is 6.10 Å². The number of ether oxygens (including phenoxy) is 1. The molecule has 5 heteroatoms. The first kappa shape index (κ1) is 15.7. The maximum atomic E-state index is 12.4. The van der Waals surface area contributed by atoms with Gasteiger partial charge in [-0.1, -0.05) is 30.3 Å². The van der Waals surface area contributed by atoms with Crippen molar-refractivity contribution >= 4 is 23.2 Å². The third-order valence-electron chi connectivity index (χ3n) is 3.71. The SMILES string of the molecule is O=C(CCc1ccsc1)OC(C(=O)NC1CC1)c1ccccc1. The Morgan fingerprint density at radius 2 is 2.00 bits per heavy atom. The quantitative estimate of drug-likeness (QED) is 0.793. The highest BCUT2D eigenvalue weighted by Crippen LogP contribution is 2.23. The Morgan fingerprint density at radius 1 is 1.22 bits per heavy atom. The van der Waals surface area contributed by atoms with Crippen LogP contribution in [-0.4, -0.2) is 17.9 Å². The standard InChI is InChI=1S/C18H19NO3S/c20-16(9-6-13-10-11-23-12-13)22-17(14-4-2-1-3-5-14)18(21)19-15-7-8-15/h1-5,10-12,15,17H,6-9H2,(H,19,21). The lowest BCUT2D eigenvalue weighted by molar-refractivity contribution is -0.156. The van der Waals surface area contributed by atoms with Gasteiger partial charge in [-0.05, 0) is 41.7 Å². The number of nitrogens with one attached hydrogen (secondary N) is 1. The minimum Gasteiger partial charge on any atom is -0.447 e. The molecular formula is C18H19NO3S. The van der Waals surface area contributed by atoms with E-state index in [9.17, 15) is 9.59 Å². The molecular weight excluding hydrogens is 310 g/mol. The average molecular weight is 329 g/mol. The lowest BCUT2D eigenvalue weighted by Gasteiger charge is -2.18. The van der Waals surface area contributed by atoms with Crippen molar-refractivity contribution < 1.29 is 14.3 Å². The molecule has 23 heavy (non-hydrogen) atoms. The summed E-state index contributed by atoms with van der Waals surface area (Å²) >= 11 is 1.60. The van der Waals surface area contributed by atoms with E-state index < -0.39 is 6.10 Å². The smallest absolute Gasteiger partial charge is 0.307 e. The number of benzene rings is 1. The molecule has 0 aliphatic heterocycles. The van der Waals surface area contributed by atoms with Gasteiger partial charge in [0.1, 0.15) is 0 Å². The molecule has 1 saturated carbocycles. The van der Waals surface area contributed by atoms with Crippen molar-refractivity contribution in [3.05, 3.63) is 58.3 Å². The fraction of sp³-hybridized carbons (Fsp3) is 0.333. The molecule has 120 valence electrons. The molecule has 1 atom stereocenters. The molecule has 1 amide bonds. The first-order valence-corrected chi connectivity index (χ1v) is 8.72. The number of hydrogen-bond donors (Lipinski definition) is 1.